The molecule has 0 aliphatic carbocycles. The highest BCUT2D eigenvalue weighted by Crippen LogP contribution is 2.23. The molecule has 0 spiro atoms. The van der Waals surface area contributed by atoms with Crippen LogP contribution in [0.25, 0.3) is 0 Å². The van der Waals surface area contributed by atoms with Gasteiger partial charge in [0.05, 0.1) is 12.1 Å². The molecule has 1 saturated heterocycles. The summed E-state index contributed by atoms with van der Waals surface area (Å²) in [6, 6.07) is 3.52. The van der Waals surface area contributed by atoms with Crippen molar-refractivity contribution in [3.8, 4) is 0 Å². The zero-order valence-corrected chi connectivity index (χ0v) is 14.6. The second kappa shape index (κ2) is 7.18. The number of carbonyl (C=O) groups excluding carboxylic acids is 1. The number of anilines is 1. The number of β-amino-alcohol motifs (C(OH)–C–C–N with tert-alkyl or cyclic N) is 1. The van der Waals surface area contributed by atoms with Crippen LogP contribution in [-0.4, -0.2) is 56.0 Å². The summed E-state index contributed by atoms with van der Waals surface area (Å²) in [6.07, 6.45) is 4.81. The third kappa shape index (κ3) is 3.96. The lowest BCUT2D eigenvalue weighted by Gasteiger charge is -2.39. The molecule has 134 valence electrons. The van der Waals surface area contributed by atoms with Crippen molar-refractivity contribution in [2.45, 2.75) is 38.8 Å². The number of aryl methyl sites for hydroxylation is 2. The highest BCUT2D eigenvalue weighted by Gasteiger charge is 2.34. The van der Waals surface area contributed by atoms with Gasteiger partial charge in [-0.25, -0.2) is 9.97 Å². The van der Waals surface area contributed by atoms with E-state index in [-0.39, 0.29) is 12.5 Å². The van der Waals surface area contributed by atoms with E-state index in [4.69, 9.17) is 0 Å². The van der Waals surface area contributed by atoms with Crippen LogP contribution in [0.2, 0.25) is 0 Å². The highest BCUT2D eigenvalue weighted by molar-refractivity contribution is 5.92. The van der Waals surface area contributed by atoms with E-state index in [0.717, 1.165) is 25.2 Å². The lowest BCUT2D eigenvalue weighted by molar-refractivity contribution is 0.0251. The number of hydrogen-bond donors (Lipinski definition) is 2. The summed E-state index contributed by atoms with van der Waals surface area (Å²) in [5.74, 6) is 0.334. The number of hydrogen-bond acceptors (Lipinski definition) is 6. The number of amides is 1. The maximum absolute atomic E-state index is 12.3. The number of rotatable bonds is 5. The minimum Gasteiger partial charge on any atom is -0.386 e. The fraction of sp³-hybridized carbons (Fsp3) is 0.529. The Bertz CT molecular complexity index is 732. The van der Waals surface area contributed by atoms with E-state index in [1.54, 1.807) is 29.2 Å². The minimum absolute atomic E-state index is 0.174. The zero-order chi connectivity index (χ0) is 17.9. The van der Waals surface area contributed by atoms with Crippen molar-refractivity contribution in [2.24, 2.45) is 0 Å². The largest absolute Gasteiger partial charge is 0.386 e. The van der Waals surface area contributed by atoms with Gasteiger partial charge in [0.25, 0.3) is 5.91 Å². The molecule has 8 nitrogen and oxygen atoms in total. The van der Waals surface area contributed by atoms with Crippen molar-refractivity contribution in [1.82, 2.24) is 25.1 Å². The first kappa shape index (κ1) is 17.3. The van der Waals surface area contributed by atoms with Crippen LogP contribution < -0.4 is 10.2 Å². The van der Waals surface area contributed by atoms with Gasteiger partial charge >= 0.3 is 0 Å². The molecule has 1 aliphatic rings. The summed E-state index contributed by atoms with van der Waals surface area (Å²) in [5.41, 5.74) is 0.314. The SMILES string of the molecule is CCn1nc(C(=O)NC[C@@]2(O)CCCN(c3ncccn3)C2)cc1C. The molecule has 1 aliphatic heterocycles. The van der Waals surface area contributed by atoms with Gasteiger partial charge in [0.15, 0.2) is 0 Å². The Kier molecular flexibility index (Phi) is 4.98. The predicted octanol–water partition coefficient (Wildman–Crippen LogP) is 0.763. The fourth-order valence-electron chi connectivity index (χ4n) is 3.16. The smallest absolute Gasteiger partial charge is 0.271 e. The number of aliphatic hydroxyl groups is 1. The van der Waals surface area contributed by atoms with Crippen molar-refractivity contribution in [3.05, 3.63) is 35.9 Å². The summed E-state index contributed by atoms with van der Waals surface area (Å²) in [5, 5.41) is 18.0. The molecule has 0 radical (unpaired) electrons. The van der Waals surface area contributed by atoms with Gasteiger partial charge in [-0.1, -0.05) is 0 Å². The molecule has 0 unspecified atom stereocenters. The summed E-state index contributed by atoms with van der Waals surface area (Å²) in [7, 11) is 0. The second-order valence-electron chi connectivity index (χ2n) is 6.47. The summed E-state index contributed by atoms with van der Waals surface area (Å²) in [6.45, 7) is 5.97. The van der Waals surface area contributed by atoms with Crippen molar-refractivity contribution in [2.75, 3.05) is 24.5 Å². The van der Waals surface area contributed by atoms with Gasteiger partial charge in [-0.3, -0.25) is 9.48 Å². The predicted molar refractivity (Wildman–Crippen MR) is 93.4 cm³/mol. The molecule has 3 heterocycles. The molecule has 0 aromatic carbocycles. The molecule has 2 aromatic rings. The first-order valence-electron chi connectivity index (χ1n) is 8.58. The van der Waals surface area contributed by atoms with Crippen LogP contribution >= 0.6 is 0 Å². The van der Waals surface area contributed by atoms with E-state index in [2.05, 4.69) is 20.4 Å². The van der Waals surface area contributed by atoms with Crippen LogP contribution in [0.15, 0.2) is 24.5 Å². The number of carbonyl (C=O) groups is 1. The molecule has 1 atom stereocenters. The Morgan fingerprint density at radius 3 is 2.84 bits per heavy atom. The molecular formula is C17H24N6O2. The maximum atomic E-state index is 12.3. The first-order chi connectivity index (χ1) is 12.0. The van der Waals surface area contributed by atoms with Crippen LogP contribution in [-0.2, 0) is 6.54 Å². The van der Waals surface area contributed by atoms with Crippen molar-refractivity contribution >= 4 is 11.9 Å². The van der Waals surface area contributed by atoms with Crippen LogP contribution in [0, 0.1) is 6.92 Å². The van der Waals surface area contributed by atoms with Gasteiger partial charge in [-0.15, -0.1) is 0 Å². The molecular weight excluding hydrogens is 320 g/mol. The molecule has 2 N–H and O–H groups in total. The highest BCUT2D eigenvalue weighted by atomic mass is 16.3. The van der Waals surface area contributed by atoms with Crippen LogP contribution in [0.3, 0.4) is 0 Å². The van der Waals surface area contributed by atoms with E-state index in [1.807, 2.05) is 18.7 Å². The summed E-state index contributed by atoms with van der Waals surface area (Å²) in [4.78, 5) is 22.7. The third-order valence-electron chi connectivity index (χ3n) is 4.48. The quantitative estimate of drug-likeness (QED) is 0.831. The van der Waals surface area contributed by atoms with E-state index in [9.17, 15) is 9.90 Å². The Balaban J connectivity index is 1.62. The third-order valence-corrected chi connectivity index (χ3v) is 4.48. The van der Waals surface area contributed by atoms with Crippen LogP contribution in [0.5, 0.6) is 0 Å². The molecule has 1 amide bonds. The number of aromatic nitrogens is 4. The lowest BCUT2D eigenvalue weighted by Crippen LogP contribution is -2.54. The van der Waals surface area contributed by atoms with Gasteiger partial charge < -0.3 is 15.3 Å². The van der Waals surface area contributed by atoms with E-state index in [1.165, 1.54) is 0 Å². The number of piperidine rings is 1. The van der Waals surface area contributed by atoms with Crippen molar-refractivity contribution < 1.29 is 9.90 Å². The van der Waals surface area contributed by atoms with E-state index < -0.39 is 5.60 Å². The molecule has 1 fully saturated rings. The standard InChI is InChI=1S/C17H24N6O2/c1-3-23-13(2)10-14(21-23)15(24)20-11-17(25)6-4-9-22(12-17)16-18-7-5-8-19-16/h5,7-8,10,25H,3-4,6,9,11-12H2,1-2H3,(H,20,24)/t17-/m0/s1. The Hall–Kier alpha value is -2.48. The Morgan fingerprint density at radius 1 is 1.40 bits per heavy atom. The molecule has 25 heavy (non-hydrogen) atoms. The minimum atomic E-state index is -1.00. The summed E-state index contributed by atoms with van der Waals surface area (Å²) < 4.78 is 1.78. The Labute approximate surface area is 146 Å². The average molecular weight is 344 g/mol. The van der Waals surface area contributed by atoms with Crippen LogP contribution in [0.1, 0.15) is 35.9 Å². The van der Waals surface area contributed by atoms with Gasteiger partial charge in [-0.2, -0.15) is 5.10 Å². The fourth-order valence-corrected chi connectivity index (χ4v) is 3.16. The lowest BCUT2D eigenvalue weighted by atomic mass is 9.93. The molecule has 3 rings (SSSR count). The molecule has 0 saturated carbocycles. The van der Waals surface area contributed by atoms with Gasteiger partial charge in [0.1, 0.15) is 5.69 Å². The van der Waals surface area contributed by atoms with Gasteiger partial charge in [-0.05, 0) is 38.8 Å². The first-order valence-corrected chi connectivity index (χ1v) is 8.58. The molecule has 2 aromatic heterocycles. The topological polar surface area (TPSA) is 96.2 Å². The molecule has 0 bridgehead atoms. The van der Waals surface area contributed by atoms with Crippen molar-refractivity contribution in [1.29, 1.82) is 0 Å². The van der Waals surface area contributed by atoms with E-state index in [0.29, 0.717) is 24.6 Å². The monoisotopic (exact) mass is 344 g/mol. The average Bonchev–Trinajstić information content (AvgIpc) is 3.01. The summed E-state index contributed by atoms with van der Waals surface area (Å²) >= 11 is 0. The second-order valence-corrected chi connectivity index (χ2v) is 6.47. The van der Waals surface area contributed by atoms with Crippen molar-refractivity contribution in [3.63, 3.8) is 0 Å². The number of nitrogens with zero attached hydrogens (tertiary/aromatic N) is 5. The molecule has 8 heteroatoms. The van der Waals surface area contributed by atoms with Crippen LogP contribution in [0.4, 0.5) is 5.95 Å². The Morgan fingerprint density at radius 2 is 2.16 bits per heavy atom. The van der Waals surface area contributed by atoms with Gasteiger partial charge in [0, 0.05) is 37.7 Å². The van der Waals surface area contributed by atoms with E-state index >= 15 is 0 Å². The maximum Gasteiger partial charge on any atom is 0.271 e. The number of nitrogens with one attached hydrogen (secondary N) is 1. The normalized spacial score (nSPS) is 20.5. The van der Waals surface area contributed by atoms with Gasteiger partial charge in [0.2, 0.25) is 5.95 Å². The zero-order valence-electron chi connectivity index (χ0n) is 14.6.